The first-order valence-electron chi connectivity index (χ1n) is 6.35. The van der Waals surface area contributed by atoms with Gasteiger partial charge in [-0.15, -0.1) is 0 Å². The van der Waals surface area contributed by atoms with Crippen molar-refractivity contribution >= 4 is 27.7 Å². The fourth-order valence-corrected chi connectivity index (χ4v) is 4.08. The molecule has 0 spiro atoms. The van der Waals surface area contributed by atoms with E-state index < -0.39 is 0 Å². The highest BCUT2D eigenvalue weighted by molar-refractivity contribution is 9.10. The van der Waals surface area contributed by atoms with Crippen molar-refractivity contribution in [3.05, 3.63) is 22.6 Å². The van der Waals surface area contributed by atoms with Crippen LogP contribution in [-0.4, -0.2) is 18.1 Å². The molecule has 4 heteroatoms. The average Bonchev–Trinajstić information content (AvgIpc) is 2.76. The molecule has 1 aliphatic heterocycles. The second-order valence-electron chi connectivity index (χ2n) is 4.53. The van der Waals surface area contributed by atoms with Gasteiger partial charge in [-0.1, -0.05) is 6.92 Å². The summed E-state index contributed by atoms with van der Waals surface area (Å²) >= 11 is 5.65. The maximum atomic E-state index is 5.61. The zero-order chi connectivity index (χ0) is 12.1. The molecule has 2 nitrogen and oxygen atoms in total. The second-order valence-corrected chi connectivity index (χ2v) is 6.61. The lowest BCUT2D eigenvalue weighted by Gasteiger charge is -2.26. The fourth-order valence-electron chi connectivity index (χ4n) is 2.40. The van der Waals surface area contributed by atoms with E-state index >= 15 is 0 Å². The van der Waals surface area contributed by atoms with Crippen LogP contribution in [0.1, 0.15) is 38.0 Å². The summed E-state index contributed by atoms with van der Waals surface area (Å²) in [6, 6.07) is 2.34. The average molecular weight is 318 g/mol. The first-order valence-corrected chi connectivity index (χ1v) is 8.30. The van der Waals surface area contributed by atoms with Gasteiger partial charge in [0.15, 0.2) is 0 Å². The van der Waals surface area contributed by atoms with Crippen LogP contribution >= 0.6 is 27.7 Å². The Labute approximate surface area is 116 Å². The van der Waals surface area contributed by atoms with Gasteiger partial charge in [-0.2, -0.15) is 11.8 Å². The molecule has 17 heavy (non-hydrogen) atoms. The first kappa shape index (κ1) is 13.5. The molecule has 2 rings (SSSR count). The number of thioether (sulfide) groups is 1. The van der Waals surface area contributed by atoms with Gasteiger partial charge in [-0.25, -0.2) is 0 Å². The molecule has 1 aromatic heterocycles. The molecule has 2 heterocycles. The van der Waals surface area contributed by atoms with E-state index in [1.54, 1.807) is 6.26 Å². The highest BCUT2D eigenvalue weighted by Crippen LogP contribution is 2.33. The molecule has 0 bridgehead atoms. The molecule has 1 aromatic rings. The zero-order valence-electron chi connectivity index (χ0n) is 10.2. The summed E-state index contributed by atoms with van der Waals surface area (Å²) in [5, 5.41) is 3.54. The molecule has 1 saturated heterocycles. The van der Waals surface area contributed by atoms with Gasteiger partial charge in [0.25, 0.3) is 0 Å². The highest BCUT2D eigenvalue weighted by Gasteiger charge is 2.23. The maximum Gasteiger partial charge on any atom is 0.134 e. The summed E-state index contributed by atoms with van der Waals surface area (Å²) in [4.78, 5) is 0. The van der Waals surface area contributed by atoms with Gasteiger partial charge >= 0.3 is 0 Å². The van der Waals surface area contributed by atoms with Gasteiger partial charge in [0.1, 0.15) is 5.76 Å². The molecule has 1 fully saturated rings. The third-order valence-corrected chi connectivity index (χ3v) is 5.03. The van der Waals surface area contributed by atoms with Gasteiger partial charge < -0.3 is 9.73 Å². The van der Waals surface area contributed by atoms with Crippen LogP contribution in [0.25, 0.3) is 0 Å². The number of furan rings is 1. The smallest absolute Gasteiger partial charge is 0.134 e. The monoisotopic (exact) mass is 317 g/mol. The van der Waals surface area contributed by atoms with Crippen molar-refractivity contribution in [2.24, 2.45) is 5.92 Å². The molecule has 0 aromatic carbocycles. The van der Waals surface area contributed by atoms with E-state index in [2.05, 4.69) is 39.9 Å². The van der Waals surface area contributed by atoms with Crippen molar-refractivity contribution in [2.45, 2.75) is 32.2 Å². The minimum atomic E-state index is 0.359. The number of nitrogens with one attached hydrogen (secondary N) is 1. The molecular formula is C13H20BrNOS. The Morgan fingerprint density at radius 3 is 2.88 bits per heavy atom. The van der Waals surface area contributed by atoms with Crippen molar-refractivity contribution in [1.82, 2.24) is 5.32 Å². The van der Waals surface area contributed by atoms with E-state index in [9.17, 15) is 0 Å². The number of hydrogen-bond acceptors (Lipinski definition) is 3. The quantitative estimate of drug-likeness (QED) is 0.880. The minimum absolute atomic E-state index is 0.359. The van der Waals surface area contributed by atoms with E-state index in [1.165, 1.54) is 30.8 Å². The van der Waals surface area contributed by atoms with Gasteiger partial charge in [-0.3, -0.25) is 0 Å². The summed E-state index contributed by atoms with van der Waals surface area (Å²) in [6.07, 6.45) is 5.66. The lowest BCUT2D eigenvalue weighted by molar-refractivity contribution is 0.330. The van der Waals surface area contributed by atoms with Gasteiger partial charge in [0, 0.05) is 0 Å². The molecule has 0 radical (unpaired) electrons. The molecule has 96 valence electrons. The molecule has 1 N–H and O–H groups in total. The topological polar surface area (TPSA) is 25.2 Å². The Bertz CT molecular complexity index is 336. The second kappa shape index (κ2) is 6.86. The van der Waals surface area contributed by atoms with Crippen LogP contribution in [0.2, 0.25) is 0 Å². The molecule has 1 atom stereocenters. The Morgan fingerprint density at radius 1 is 1.53 bits per heavy atom. The summed E-state index contributed by atoms with van der Waals surface area (Å²) in [5.41, 5.74) is 0. The molecular weight excluding hydrogens is 298 g/mol. The van der Waals surface area contributed by atoms with Crippen LogP contribution in [0, 0.1) is 5.92 Å². The van der Waals surface area contributed by atoms with E-state index in [1.807, 2.05) is 6.07 Å². The molecule has 1 unspecified atom stereocenters. The van der Waals surface area contributed by atoms with Gasteiger partial charge in [0.05, 0.1) is 16.8 Å². The molecule has 0 amide bonds. The summed E-state index contributed by atoms with van der Waals surface area (Å²) in [6.45, 7) is 3.14. The van der Waals surface area contributed by atoms with E-state index in [4.69, 9.17) is 4.42 Å². The standard InChI is InChI=1S/C13H20BrNOS/c1-2-15-12(13-11(14)3-6-16-13)9-10-4-7-17-8-5-10/h3,6,10,12,15H,2,4-5,7-9H2,1H3. The molecule has 0 aliphatic carbocycles. The van der Waals surface area contributed by atoms with Crippen molar-refractivity contribution in [2.75, 3.05) is 18.1 Å². The predicted molar refractivity (Wildman–Crippen MR) is 77.5 cm³/mol. The largest absolute Gasteiger partial charge is 0.466 e. The summed E-state index contributed by atoms with van der Waals surface area (Å²) in [5.74, 6) is 4.55. The van der Waals surface area contributed by atoms with Crippen LogP contribution < -0.4 is 5.32 Å². The number of hydrogen-bond donors (Lipinski definition) is 1. The lowest BCUT2D eigenvalue weighted by atomic mass is 9.93. The fraction of sp³-hybridized carbons (Fsp3) is 0.692. The Hall–Kier alpha value is 0.0700. The summed E-state index contributed by atoms with van der Waals surface area (Å²) in [7, 11) is 0. The predicted octanol–water partition coefficient (Wildman–Crippen LogP) is 4.23. The Kier molecular flexibility index (Phi) is 5.45. The van der Waals surface area contributed by atoms with Crippen LogP contribution in [0.5, 0.6) is 0 Å². The van der Waals surface area contributed by atoms with Gasteiger partial charge in [-0.05, 0) is 65.2 Å². The van der Waals surface area contributed by atoms with Crippen LogP contribution in [0.15, 0.2) is 21.2 Å². The first-order chi connectivity index (χ1) is 8.31. The Morgan fingerprint density at radius 2 is 2.29 bits per heavy atom. The number of halogens is 1. The normalized spacial score (nSPS) is 19.4. The minimum Gasteiger partial charge on any atom is -0.466 e. The zero-order valence-corrected chi connectivity index (χ0v) is 12.6. The van der Waals surface area contributed by atoms with Crippen molar-refractivity contribution in [1.29, 1.82) is 0 Å². The van der Waals surface area contributed by atoms with E-state index in [-0.39, 0.29) is 0 Å². The summed E-state index contributed by atoms with van der Waals surface area (Å²) < 4.78 is 6.70. The van der Waals surface area contributed by atoms with Crippen LogP contribution in [0.3, 0.4) is 0 Å². The SMILES string of the molecule is CCNC(CC1CCSCC1)c1occc1Br. The van der Waals surface area contributed by atoms with E-state index in [0.29, 0.717) is 6.04 Å². The Balaban J connectivity index is 1.99. The van der Waals surface area contributed by atoms with Crippen molar-refractivity contribution < 1.29 is 4.42 Å². The third kappa shape index (κ3) is 3.76. The van der Waals surface area contributed by atoms with E-state index in [0.717, 1.165) is 22.7 Å². The highest BCUT2D eigenvalue weighted by atomic mass is 79.9. The third-order valence-electron chi connectivity index (χ3n) is 3.32. The molecule has 1 aliphatic rings. The van der Waals surface area contributed by atoms with Crippen molar-refractivity contribution in [3.8, 4) is 0 Å². The van der Waals surface area contributed by atoms with Crippen LogP contribution in [-0.2, 0) is 0 Å². The number of rotatable bonds is 5. The molecule has 0 saturated carbocycles. The lowest BCUT2D eigenvalue weighted by Crippen LogP contribution is -2.25. The van der Waals surface area contributed by atoms with Crippen LogP contribution in [0.4, 0.5) is 0 Å². The maximum absolute atomic E-state index is 5.61. The van der Waals surface area contributed by atoms with Gasteiger partial charge in [0.2, 0.25) is 0 Å². The van der Waals surface area contributed by atoms with Crippen molar-refractivity contribution in [3.63, 3.8) is 0 Å².